The van der Waals surface area contributed by atoms with Crippen LogP contribution in [0.4, 0.5) is 0 Å². The summed E-state index contributed by atoms with van der Waals surface area (Å²) in [5.74, 6) is 0.0289. The van der Waals surface area contributed by atoms with Crippen molar-refractivity contribution in [2.75, 3.05) is 5.33 Å². The molecule has 1 rings (SSSR count). The molecule has 80 valence electrons. The number of rotatable bonds is 5. The van der Waals surface area contributed by atoms with E-state index in [9.17, 15) is 4.79 Å². The highest BCUT2D eigenvalue weighted by atomic mass is 79.9. The third kappa shape index (κ3) is 4.63. The number of ketones is 1. The summed E-state index contributed by atoms with van der Waals surface area (Å²) in [6, 6.07) is 6.92. The van der Waals surface area contributed by atoms with Crippen LogP contribution in [0.1, 0.15) is 23.2 Å². The van der Waals surface area contributed by atoms with Crippen molar-refractivity contribution in [2.45, 2.75) is 12.8 Å². The predicted octanol–water partition coefficient (Wildman–Crippen LogP) is 4.25. The van der Waals surface area contributed by atoms with Crippen LogP contribution in [0.15, 0.2) is 36.4 Å². The first-order chi connectivity index (χ1) is 7.24. The Morgan fingerprint density at radius 3 is 2.60 bits per heavy atom. The minimum Gasteiger partial charge on any atom is -0.289 e. The van der Waals surface area contributed by atoms with Crippen LogP contribution >= 0.6 is 27.5 Å². The fourth-order valence-corrected chi connectivity index (χ4v) is 1.55. The third-order valence-electron chi connectivity index (χ3n) is 1.90. The number of hydrogen-bond donors (Lipinski definition) is 0. The summed E-state index contributed by atoms with van der Waals surface area (Å²) in [5.41, 5.74) is 0.675. The lowest BCUT2D eigenvalue weighted by Crippen LogP contribution is -1.93. The number of benzene rings is 1. The number of carbonyl (C=O) groups is 1. The molecule has 0 unspecified atom stereocenters. The van der Waals surface area contributed by atoms with Gasteiger partial charge in [0.1, 0.15) is 0 Å². The highest BCUT2D eigenvalue weighted by molar-refractivity contribution is 9.09. The van der Waals surface area contributed by atoms with E-state index in [-0.39, 0.29) is 5.78 Å². The molecule has 3 heteroatoms. The summed E-state index contributed by atoms with van der Waals surface area (Å²) < 4.78 is 0. The van der Waals surface area contributed by atoms with Crippen molar-refractivity contribution in [3.05, 3.63) is 47.0 Å². The average molecular weight is 288 g/mol. The van der Waals surface area contributed by atoms with Gasteiger partial charge in [-0.25, -0.2) is 0 Å². The van der Waals surface area contributed by atoms with Gasteiger partial charge in [0.15, 0.2) is 5.78 Å². The molecular weight excluding hydrogens is 275 g/mol. The maximum Gasteiger partial charge on any atom is 0.185 e. The second-order valence-electron chi connectivity index (χ2n) is 3.10. The standard InChI is InChI=1S/C12H12BrClO/c13-9-3-1-2-4-12(15)10-5-7-11(14)8-6-10/h2,4-8H,1,3,9H2/b4-2+. The topological polar surface area (TPSA) is 17.1 Å². The second-order valence-corrected chi connectivity index (χ2v) is 4.33. The summed E-state index contributed by atoms with van der Waals surface area (Å²) in [6.45, 7) is 0. The lowest BCUT2D eigenvalue weighted by atomic mass is 10.1. The van der Waals surface area contributed by atoms with Gasteiger partial charge in [-0.1, -0.05) is 33.6 Å². The first-order valence-electron chi connectivity index (χ1n) is 4.76. The molecule has 0 bridgehead atoms. The molecule has 0 heterocycles. The third-order valence-corrected chi connectivity index (χ3v) is 2.72. The zero-order valence-electron chi connectivity index (χ0n) is 8.25. The van der Waals surface area contributed by atoms with Gasteiger partial charge in [0, 0.05) is 15.9 Å². The van der Waals surface area contributed by atoms with Gasteiger partial charge in [-0.3, -0.25) is 4.79 Å². The molecule has 0 amide bonds. The largest absolute Gasteiger partial charge is 0.289 e. The molecule has 0 aromatic heterocycles. The Kier molecular flexibility index (Phi) is 5.66. The molecule has 0 aliphatic heterocycles. The van der Waals surface area contributed by atoms with E-state index >= 15 is 0 Å². The lowest BCUT2D eigenvalue weighted by Gasteiger charge is -1.95. The average Bonchev–Trinajstić information content (AvgIpc) is 2.25. The zero-order valence-corrected chi connectivity index (χ0v) is 10.6. The van der Waals surface area contributed by atoms with Crippen LogP contribution < -0.4 is 0 Å². The summed E-state index contributed by atoms with van der Waals surface area (Å²) in [5, 5.41) is 1.61. The van der Waals surface area contributed by atoms with Crippen LogP contribution in [0.2, 0.25) is 5.02 Å². The van der Waals surface area contributed by atoms with Crippen molar-refractivity contribution >= 4 is 33.3 Å². The summed E-state index contributed by atoms with van der Waals surface area (Å²) in [7, 11) is 0. The predicted molar refractivity (Wildman–Crippen MR) is 68.0 cm³/mol. The monoisotopic (exact) mass is 286 g/mol. The van der Waals surface area contributed by atoms with E-state index in [2.05, 4.69) is 15.9 Å². The molecule has 1 aromatic rings. The van der Waals surface area contributed by atoms with Crippen molar-refractivity contribution in [3.8, 4) is 0 Å². The van der Waals surface area contributed by atoms with Gasteiger partial charge in [-0.2, -0.15) is 0 Å². The van der Waals surface area contributed by atoms with E-state index in [1.165, 1.54) is 0 Å². The molecule has 0 radical (unpaired) electrons. The molecule has 0 fully saturated rings. The molecule has 15 heavy (non-hydrogen) atoms. The van der Waals surface area contributed by atoms with E-state index < -0.39 is 0 Å². The Balaban J connectivity index is 2.53. The number of hydrogen-bond acceptors (Lipinski definition) is 1. The van der Waals surface area contributed by atoms with Crippen molar-refractivity contribution in [3.63, 3.8) is 0 Å². The number of alkyl halides is 1. The van der Waals surface area contributed by atoms with Gasteiger partial charge in [-0.15, -0.1) is 0 Å². The number of allylic oxidation sites excluding steroid dienone is 2. The Morgan fingerprint density at radius 2 is 2.00 bits per heavy atom. The van der Waals surface area contributed by atoms with Gasteiger partial charge < -0.3 is 0 Å². The van der Waals surface area contributed by atoms with Crippen molar-refractivity contribution in [2.24, 2.45) is 0 Å². The van der Waals surface area contributed by atoms with Crippen LogP contribution in [-0.2, 0) is 0 Å². The molecule has 0 atom stereocenters. The van der Waals surface area contributed by atoms with Crippen molar-refractivity contribution < 1.29 is 4.79 Å². The van der Waals surface area contributed by atoms with E-state index in [0.717, 1.165) is 18.2 Å². The zero-order chi connectivity index (χ0) is 11.1. The summed E-state index contributed by atoms with van der Waals surface area (Å²) in [6.07, 6.45) is 5.49. The summed E-state index contributed by atoms with van der Waals surface area (Å²) >= 11 is 9.06. The van der Waals surface area contributed by atoms with Gasteiger partial charge >= 0.3 is 0 Å². The van der Waals surface area contributed by atoms with Crippen LogP contribution in [0.25, 0.3) is 0 Å². The Hall–Kier alpha value is -0.600. The Morgan fingerprint density at radius 1 is 1.33 bits per heavy atom. The molecule has 0 saturated carbocycles. The molecule has 0 aliphatic rings. The van der Waals surface area contributed by atoms with Crippen molar-refractivity contribution in [1.29, 1.82) is 0 Å². The molecule has 0 saturated heterocycles. The maximum absolute atomic E-state index is 11.6. The van der Waals surface area contributed by atoms with Crippen LogP contribution in [-0.4, -0.2) is 11.1 Å². The molecule has 1 aromatic carbocycles. The number of carbonyl (C=O) groups excluding carboxylic acids is 1. The lowest BCUT2D eigenvalue weighted by molar-refractivity contribution is 0.104. The molecule has 0 aliphatic carbocycles. The van der Waals surface area contributed by atoms with Gasteiger partial charge in [0.05, 0.1) is 0 Å². The number of halogens is 2. The van der Waals surface area contributed by atoms with Crippen LogP contribution in [0, 0.1) is 0 Å². The first-order valence-corrected chi connectivity index (χ1v) is 6.26. The van der Waals surface area contributed by atoms with Crippen LogP contribution in [0.3, 0.4) is 0 Å². The molecular formula is C12H12BrClO. The highest BCUT2D eigenvalue weighted by Gasteiger charge is 1.99. The smallest absolute Gasteiger partial charge is 0.185 e. The van der Waals surface area contributed by atoms with E-state index in [1.54, 1.807) is 30.3 Å². The summed E-state index contributed by atoms with van der Waals surface area (Å²) in [4.78, 5) is 11.6. The first kappa shape index (κ1) is 12.5. The minimum atomic E-state index is 0.0289. The van der Waals surface area contributed by atoms with Gasteiger partial charge in [-0.05, 0) is 43.2 Å². The van der Waals surface area contributed by atoms with Gasteiger partial charge in [0.25, 0.3) is 0 Å². The molecule has 0 N–H and O–H groups in total. The Bertz CT molecular complexity index is 343. The maximum atomic E-state index is 11.6. The number of unbranched alkanes of at least 4 members (excludes halogenated alkanes) is 1. The second kappa shape index (κ2) is 6.81. The molecule has 1 nitrogen and oxygen atoms in total. The molecule has 0 spiro atoms. The fraction of sp³-hybridized carbons (Fsp3) is 0.250. The van der Waals surface area contributed by atoms with E-state index in [1.807, 2.05) is 6.08 Å². The normalized spacial score (nSPS) is 10.8. The quantitative estimate of drug-likeness (QED) is 0.342. The van der Waals surface area contributed by atoms with E-state index in [0.29, 0.717) is 10.6 Å². The minimum absolute atomic E-state index is 0.0289. The SMILES string of the molecule is O=C(/C=C/CCCBr)c1ccc(Cl)cc1. The highest BCUT2D eigenvalue weighted by Crippen LogP contribution is 2.10. The Labute approximate surface area is 103 Å². The van der Waals surface area contributed by atoms with Crippen LogP contribution in [0.5, 0.6) is 0 Å². The van der Waals surface area contributed by atoms with Crippen molar-refractivity contribution in [1.82, 2.24) is 0 Å². The van der Waals surface area contributed by atoms with E-state index in [4.69, 9.17) is 11.6 Å². The fourth-order valence-electron chi connectivity index (χ4n) is 1.10. The van der Waals surface area contributed by atoms with Gasteiger partial charge in [0.2, 0.25) is 0 Å².